The molecule has 0 aromatic heterocycles. The molecule has 0 spiro atoms. The molecule has 1 aromatic carbocycles. The Morgan fingerprint density at radius 1 is 1.20 bits per heavy atom. The molecule has 1 amide bonds. The summed E-state index contributed by atoms with van der Waals surface area (Å²) in [7, 11) is 0. The third-order valence-electron chi connectivity index (χ3n) is 3.71. The predicted octanol–water partition coefficient (Wildman–Crippen LogP) is 1.15. The minimum atomic E-state index is -0.831. The molecule has 0 aliphatic carbocycles. The number of primary amides is 1. The van der Waals surface area contributed by atoms with Gasteiger partial charge in [-0.3, -0.25) is 14.5 Å². The summed E-state index contributed by atoms with van der Waals surface area (Å²) in [6, 6.07) is 7.32. The summed E-state index contributed by atoms with van der Waals surface area (Å²) in [6.07, 6.45) is 2.99. The number of piperidine rings is 1. The lowest BCUT2D eigenvalue weighted by atomic mass is 10.0. The number of nitrogens with two attached hydrogens (primary N) is 1. The van der Waals surface area contributed by atoms with Gasteiger partial charge in [-0.1, -0.05) is 30.7 Å². The first kappa shape index (κ1) is 14.5. The lowest BCUT2D eigenvalue weighted by molar-refractivity contribution is -0.136. The van der Waals surface area contributed by atoms with E-state index in [0.29, 0.717) is 6.54 Å². The number of nitrogens with zero attached hydrogens (tertiary/aromatic N) is 1. The molecule has 2 rings (SSSR count). The van der Waals surface area contributed by atoms with E-state index in [1.807, 2.05) is 24.3 Å². The van der Waals surface area contributed by atoms with Crippen molar-refractivity contribution in [3.8, 4) is 0 Å². The summed E-state index contributed by atoms with van der Waals surface area (Å²) in [5.74, 6) is -1.09. The van der Waals surface area contributed by atoms with Crippen LogP contribution >= 0.6 is 0 Å². The van der Waals surface area contributed by atoms with Gasteiger partial charge in [0, 0.05) is 6.54 Å². The smallest absolute Gasteiger partial charge is 0.307 e. The molecule has 5 heteroatoms. The molecule has 0 bridgehead atoms. The van der Waals surface area contributed by atoms with Crippen molar-refractivity contribution < 1.29 is 14.7 Å². The highest BCUT2D eigenvalue weighted by Crippen LogP contribution is 2.19. The van der Waals surface area contributed by atoms with Crippen LogP contribution in [0.3, 0.4) is 0 Å². The Bertz CT molecular complexity index is 484. The Hall–Kier alpha value is -1.88. The van der Waals surface area contributed by atoms with E-state index in [4.69, 9.17) is 10.8 Å². The van der Waals surface area contributed by atoms with Gasteiger partial charge in [0.1, 0.15) is 0 Å². The lowest BCUT2D eigenvalue weighted by Crippen LogP contribution is -2.47. The van der Waals surface area contributed by atoms with Crippen LogP contribution in [0.15, 0.2) is 24.3 Å². The Morgan fingerprint density at radius 2 is 1.85 bits per heavy atom. The minimum absolute atomic E-state index is 0.0356. The number of amides is 1. The van der Waals surface area contributed by atoms with E-state index in [0.717, 1.165) is 36.9 Å². The molecule has 1 heterocycles. The molecule has 1 aliphatic heterocycles. The van der Waals surface area contributed by atoms with Crippen molar-refractivity contribution >= 4 is 11.9 Å². The van der Waals surface area contributed by atoms with Gasteiger partial charge in [-0.2, -0.15) is 0 Å². The first-order chi connectivity index (χ1) is 9.56. The summed E-state index contributed by atoms with van der Waals surface area (Å²) in [5, 5.41) is 8.73. The average molecular weight is 276 g/mol. The van der Waals surface area contributed by atoms with Crippen molar-refractivity contribution in [2.45, 2.75) is 38.3 Å². The van der Waals surface area contributed by atoms with E-state index in [2.05, 4.69) is 4.90 Å². The molecule has 20 heavy (non-hydrogen) atoms. The topological polar surface area (TPSA) is 83.6 Å². The van der Waals surface area contributed by atoms with Crippen molar-refractivity contribution in [2.24, 2.45) is 5.73 Å². The largest absolute Gasteiger partial charge is 0.481 e. The van der Waals surface area contributed by atoms with E-state index < -0.39 is 5.97 Å². The van der Waals surface area contributed by atoms with Crippen LogP contribution in [0.25, 0.3) is 0 Å². The molecule has 1 aliphatic rings. The van der Waals surface area contributed by atoms with Crippen molar-refractivity contribution in [1.29, 1.82) is 0 Å². The van der Waals surface area contributed by atoms with Crippen molar-refractivity contribution in [3.05, 3.63) is 35.4 Å². The number of carbonyl (C=O) groups is 2. The SMILES string of the molecule is NC(=O)C1CCCCN1Cc1ccc(CC(=O)O)cc1. The molecular weight excluding hydrogens is 256 g/mol. The quantitative estimate of drug-likeness (QED) is 0.845. The highest BCUT2D eigenvalue weighted by molar-refractivity contribution is 5.79. The highest BCUT2D eigenvalue weighted by atomic mass is 16.4. The van der Waals surface area contributed by atoms with E-state index >= 15 is 0 Å². The van der Waals surface area contributed by atoms with Crippen LogP contribution in [0.5, 0.6) is 0 Å². The van der Waals surface area contributed by atoms with Crippen molar-refractivity contribution in [1.82, 2.24) is 4.90 Å². The van der Waals surface area contributed by atoms with Gasteiger partial charge in [-0.15, -0.1) is 0 Å². The van der Waals surface area contributed by atoms with E-state index in [-0.39, 0.29) is 18.4 Å². The number of aliphatic carboxylic acids is 1. The number of likely N-dealkylation sites (tertiary alicyclic amines) is 1. The number of hydrogen-bond acceptors (Lipinski definition) is 3. The molecule has 0 saturated carbocycles. The number of carbonyl (C=O) groups excluding carboxylic acids is 1. The first-order valence-corrected chi connectivity index (χ1v) is 6.89. The van der Waals surface area contributed by atoms with Gasteiger partial charge in [0.15, 0.2) is 0 Å². The molecule has 1 aromatic rings. The number of benzene rings is 1. The number of carboxylic acid groups (broad SMARTS) is 1. The molecule has 1 unspecified atom stereocenters. The predicted molar refractivity (Wildman–Crippen MR) is 75.0 cm³/mol. The highest BCUT2D eigenvalue weighted by Gasteiger charge is 2.26. The maximum Gasteiger partial charge on any atom is 0.307 e. The third kappa shape index (κ3) is 3.81. The van der Waals surface area contributed by atoms with Crippen molar-refractivity contribution in [3.63, 3.8) is 0 Å². The second-order valence-corrected chi connectivity index (χ2v) is 5.27. The van der Waals surface area contributed by atoms with Crippen LogP contribution in [0.2, 0.25) is 0 Å². The van der Waals surface area contributed by atoms with Crippen LogP contribution < -0.4 is 5.73 Å². The molecule has 5 nitrogen and oxygen atoms in total. The second kappa shape index (κ2) is 6.52. The van der Waals surface area contributed by atoms with Crippen LogP contribution in [0.4, 0.5) is 0 Å². The van der Waals surface area contributed by atoms with Gasteiger partial charge < -0.3 is 10.8 Å². The Balaban J connectivity index is 2.01. The normalized spacial score (nSPS) is 19.7. The zero-order valence-electron chi connectivity index (χ0n) is 11.4. The number of hydrogen-bond donors (Lipinski definition) is 2. The summed E-state index contributed by atoms with van der Waals surface area (Å²) in [6.45, 7) is 1.56. The molecule has 1 atom stereocenters. The Kier molecular flexibility index (Phi) is 4.74. The summed E-state index contributed by atoms with van der Waals surface area (Å²) < 4.78 is 0. The number of carboxylic acids is 1. The molecule has 108 valence electrons. The van der Waals surface area contributed by atoms with Gasteiger partial charge >= 0.3 is 5.97 Å². The Morgan fingerprint density at radius 3 is 2.45 bits per heavy atom. The van der Waals surface area contributed by atoms with E-state index in [9.17, 15) is 9.59 Å². The lowest BCUT2D eigenvalue weighted by Gasteiger charge is -2.33. The van der Waals surface area contributed by atoms with Gasteiger partial charge in [0.2, 0.25) is 5.91 Å². The van der Waals surface area contributed by atoms with E-state index in [1.54, 1.807) is 0 Å². The van der Waals surface area contributed by atoms with Crippen molar-refractivity contribution in [2.75, 3.05) is 6.54 Å². The zero-order chi connectivity index (χ0) is 14.5. The third-order valence-corrected chi connectivity index (χ3v) is 3.71. The Labute approximate surface area is 118 Å². The average Bonchev–Trinajstić information content (AvgIpc) is 2.41. The van der Waals surface area contributed by atoms with Gasteiger partial charge in [0.25, 0.3) is 0 Å². The fourth-order valence-corrected chi connectivity index (χ4v) is 2.67. The fourth-order valence-electron chi connectivity index (χ4n) is 2.67. The minimum Gasteiger partial charge on any atom is -0.481 e. The zero-order valence-corrected chi connectivity index (χ0v) is 11.4. The summed E-state index contributed by atoms with van der Waals surface area (Å²) in [4.78, 5) is 24.2. The van der Waals surface area contributed by atoms with E-state index in [1.165, 1.54) is 0 Å². The molecule has 1 saturated heterocycles. The van der Waals surface area contributed by atoms with Gasteiger partial charge in [-0.25, -0.2) is 0 Å². The molecule has 0 radical (unpaired) electrons. The molecule has 3 N–H and O–H groups in total. The standard InChI is InChI=1S/C15H20N2O3/c16-15(20)13-3-1-2-8-17(13)10-12-6-4-11(5-7-12)9-14(18)19/h4-7,13H,1-3,8-10H2,(H2,16,20)(H,18,19). The summed E-state index contributed by atoms with van der Waals surface area (Å²) in [5.41, 5.74) is 7.30. The van der Waals surface area contributed by atoms with Crippen LogP contribution in [-0.4, -0.2) is 34.5 Å². The van der Waals surface area contributed by atoms with Crippen LogP contribution in [-0.2, 0) is 22.6 Å². The fraction of sp³-hybridized carbons (Fsp3) is 0.467. The molecule has 1 fully saturated rings. The van der Waals surface area contributed by atoms with Gasteiger partial charge in [0.05, 0.1) is 12.5 Å². The maximum atomic E-state index is 11.4. The summed E-state index contributed by atoms with van der Waals surface area (Å²) >= 11 is 0. The maximum absolute atomic E-state index is 11.4. The van der Waals surface area contributed by atoms with Gasteiger partial charge in [-0.05, 0) is 30.5 Å². The monoisotopic (exact) mass is 276 g/mol. The first-order valence-electron chi connectivity index (χ1n) is 6.89. The second-order valence-electron chi connectivity index (χ2n) is 5.27. The van der Waals surface area contributed by atoms with Crippen LogP contribution in [0, 0.1) is 0 Å². The number of rotatable bonds is 5. The van der Waals surface area contributed by atoms with Crippen LogP contribution in [0.1, 0.15) is 30.4 Å². The molecular formula is C15H20N2O3.